The van der Waals surface area contributed by atoms with Gasteiger partial charge in [0.1, 0.15) is 18.4 Å². The fourth-order valence-electron chi connectivity index (χ4n) is 3.72. The van der Waals surface area contributed by atoms with Crippen LogP contribution in [0.3, 0.4) is 0 Å². The zero-order valence-corrected chi connectivity index (χ0v) is 19.7. The van der Waals surface area contributed by atoms with Gasteiger partial charge in [-0.25, -0.2) is 0 Å². The van der Waals surface area contributed by atoms with Gasteiger partial charge in [0.2, 0.25) is 0 Å². The maximum absolute atomic E-state index is 9.13. The van der Waals surface area contributed by atoms with Gasteiger partial charge in [-0.15, -0.1) is 0 Å². The number of ether oxygens (including phenoxy) is 3. The number of aromatic nitrogens is 3. The molecule has 0 unspecified atom stereocenters. The van der Waals surface area contributed by atoms with Gasteiger partial charge < -0.3 is 14.2 Å². The van der Waals surface area contributed by atoms with Crippen LogP contribution in [0.5, 0.6) is 5.75 Å². The molecule has 0 spiro atoms. The molecule has 2 aromatic heterocycles. The van der Waals surface area contributed by atoms with E-state index in [1.54, 1.807) is 12.3 Å². The van der Waals surface area contributed by atoms with E-state index in [9.17, 15) is 0 Å². The van der Waals surface area contributed by atoms with Crippen LogP contribution in [-0.2, 0) is 22.6 Å². The maximum Gasteiger partial charge on any atom is 0.187 e. The third-order valence-corrected chi connectivity index (χ3v) is 6.37. The highest BCUT2D eigenvalue weighted by atomic mass is 79.9. The molecule has 0 atom stereocenters. The molecule has 0 amide bonds. The first-order valence-corrected chi connectivity index (χ1v) is 11.4. The summed E-state index contributed by atoms with van der Waals surface area (Å²) >= 11 is 10.2. The van der Waals surface area contributed by atoms with Crippen LogP contribution in [0, 0.1) is 11.3 Å². The average Bonchev–Trinajstić information content (AvgIpc) is 3.51. The van der Waals surface area contributed by atoms with Gasteiger partial charge in [-0.3, -0.25) is 9.67 Å². The van der Waals surface area contributed by atoms with Crippen LogP contribution in [0.2, 0.25) is 5.02 Å². The van der Waals surface area contributed by atoms with Crippen molar-refractivity contribution in [2.75, 3.05) is 13.2 Å². The fraction of sp³-hybridized carbons (Fsp3) is 0.208. The monoisotopic (exact) mass is 524 g/mol. The normalized spacial score (nSPS) is 14.0. The molecule has 3 heterocycles. The van der Waals surface area contributed by atoms with Gasteiger partial charge in [0, 0.05) is 32.8 Å². The standard InChI is InChI=1S/C24H18BrClN4O3/c25-20-2-1-3-22-19(20)12-29-30(22)13-17-7-23(18(8-21(17)26)24-31-4-5-32-24)33-14-16-6-15(9-27)10-28-11-16/h1-3,6-8,10-12,24H,4-5,13-14H2. The molecular formula is C24H18BrClN4O3. The first-order valence-electron chi connectivity index (χ1n) is 10.2. The highest BCUT2D eigenvalue weighted by Crippen LogP contribution is 2.36. The number of rotatable bonds is 6. The maximum atomic E-state index is 9.13. The van der Waals surface area contributed by atoms with Gasteiger partial charge in [-0.1, -0.05) is 33.6 Å². The molecule has 1 saturated heterocycles. The van der Waals surface area contributed by atoms with E-state index in [-0.39, 0.29) is 6.61 Å². The molecule has 0 N–H and O–H groups in total. The van der Waals surface area contributed by atoms with E-state index < -0.39 is 6.29 Å². The SMILES string of the molecule is N#Cc1cncc(COc2cc(Cn3ncc4c(Br)cccc43)c(Cl)cc2C2OCCO2)c1. The molecule has 1 aliphatic rings. The summed E-state index contributed by atoms with van der Waals surface area (Å²) < 4.78 is 20.4. The highest BCUT2D eigenvalue weighted by molar-refractivity contribution is 9.10. The molecule has 1 fully saturated rings. The van der Waals surface area contributed by atoms with Crippen LogP contribution < -0.4 is 4.74 Å². The number of hydrogen-bond donors (Lipinski definition) is 0. The Morgan fingerprint density at radius 2 is 2.03 bits per heavy atom. The van der Waals surface area contributed by atoms with E-state index >= 15 is 0 Å². The quantitative estimate of drug-likeness (QED) is 0.336. The second kappa shape index (κ2) is 9.49. The summed E-state index contributed by atoms with van der Waals surface area (Å²) in [6.07, 6.45) is 4.47. The lowest BCUT2D eigenvalue weighted by Gasteiger charge is -2.18. The Labute approximate surface area is 203 Å². The second-order valence-corrected chi connectivity index (χ2v) is 8.77. The Morgan fingerprint density at radius 3 is 2.85 bits per heavy atom. The molecule has 166 valence electrons. The summed E-state index contributed by atoms with van der Waals surface area (Å²) in [6, 6.07) is 13.5. The molecule has 4 aromatic rings. The number of pyridine rings is 1. The Morgan fingerprint density at radius 1 is 1.18 bits per heavy atom. The minimum atomic E-state index is -0.545. The number of nitrogens with zero attached hydrogens (tertiary/aromatic N) is 4. The Bertz CT molecular complexity index is 1360. The molecule has 33 heavy (non-hydrogen) atoms. The first kappa shape index (κ1) is 21.9. The summed E-state index contributed by atoms with van der Waals surface area (Å²) in [5, 5.41) is 15.3. The Balaban J connectivity index is 1.48. The van der Waals surface area contributed by atoms with E-state index in [1.165, 1.54) is 6.20 Å². The molecule has 0 saturated carbocycles. The first-order chi connectivity index (χ1) is 16.1. The van der Waals surface area contributed by atoms with Gasteiger partial charge in [-0.05, 0) is 35.9 Å². The molecule has 0 radical (unpaired) electrons. The van der Waals surface area contributed by atoms with Crippen LogP contribution in [0.15, 0.2) is 59.5 Å². The summed E-state index contributed by atoms with van der Waals surface area (Å²) in [6.45, 7) is 1.71. The summed E-state index contributed by atoms with van der Waals surface area (Å²) in [5.74, 6) is 0.598. The van der Waals surface area contributed by atoms with Crippen LogP contribution in [0.1, 0.15) is 28.5 Å². The van der Waals surface area contributed by atoms with E-state index in [1.807, 2.05) is 41.2 Å². The third kappa shape index (κ3) is 4.59. The van der Waals surface area contributed by atoms with E-state index in [4.69, 9.17) is 31.1 Å². The van der Waals surface area contributed by atoms with Gasteiger partial charge >= 0.3 is 0 Å². The van der Waals surface area contributed by atoms with Crippen LogP contribution in [0.25, 0.3) is 10.9 Å². The molecule has 5 rings (SSSR count). The molecule has 2 aromatic carbocycles. The number of hydrogen-bond acceptors (Lipinski definition) is 6. The second-order valence-electron chi connectivity index (χ2n) is 7.51. The minimum absolute atomic E-state index is 0.237. The smallest absolute Gasteiger partial charge is 0.187 e. The zero-order valence-electron chi connectivity index (χ0n) is 17.4. The van der Waals surface area contributed by atoms with Crippen LogP contribution >= 0.6 is 27.5 Å². The van der Waals surface area contributed by atoms with E-state index in [0.717, 1.165) is 32.1 Å². The number of fused-ring (bicyclic) bond motifs is 1. The number of benzene rings is 2. The van der Waals surface area contributed by atoms with Crippen molar-refractivity contribution in [3.05, 3.63) is 86.7 Å². The largest absolute Gasteiger partial charge is 0.488 e. The lowest BCUT2D eigenvalue weighted by molar-refractivity contribution is -0.0458. The van der Waals surface area contributed by atoms with Gasteiger partial charge in [0.15, 0.2) is 6.29 Å². The van der Waals surface area contributed by atoms with Crippen molar-refractivity contribution in [1.82, 2.24) is 14.8 Å². The molecule has 0 aliphatic carbocycles. The lowest BCUT2D eigenvalue weighted by Crippen LogP contribution is -2.08. The molecular weight excluding hydrogens is 508 g/mol. The topological polar surface area (TPSA) is 82.2 Å². The predicted octanol–water partition coefficient (Wildman–Crippen LogP) is 5.39. The Hall–Kier alpha value is -2.96. The van der Waals surface area contributed by atoms with Gasteiger partial charge in [-0.2, -0.15) is 10.4 Å². The third-order valence-electron chi connectivity index (χ3n) is 5.33. The minimum Gasteiger partial charge on any atom is -0.488 e. The van der Waals surface area contributed by atoms with Crippen LogP contribution in [0.4, 0.5) is 0 Å². The van der Waals surface area contributed by atoms with Gasteiger partial charge in [0.05, 0.1) is 42.6 Å². The zero-order chi connectivity index (χ0) is 22.8. The van der Waals surface area contributed by atoms with Crippen molar-refractivity contribution < 1.29 is 14.2 Å². The summed E-state index contributed by atoms with van der Waals surface area (Å²) in [5.41, 5.74) is 3.83. The van der Waals surface area contributed by atoms with Crippen molar-refractivity contribution in [1.29, 1.82) is 5.26 Å². The molecule has 7 nitrogen and oxygen atoms in total. The van der Waals surface area contributed by atoms with Crippen molar-refractivity contribution >= 4 is 38.4 Å². The van der Waals surface area contributed by atoms with E-state index in [0.29, 0.717) is 36.1 Å². The van der Waals surface area contributed by atoms with Crippen molar-refractivity contribution in [3.8, 4) is 11.8 Å². The van der Waals surface area contributed by atoms with Crippen molar-refractivity contribution in [3.63, 3.8) is 0 Å². The number of nitriles is 1. The predicted molar refractivity (Wildman–Crippen MR) is 126 cm³/mol. The van der Waals surface area contributed by atoms with E-state index in [2.05, 4.69) is 32.1 Å². The fourth-order valence-corrected chi connectivity index (χ4v) is 4.41. The molecule has 9 heteroatoms. The summed E-state index contributed by atoms with van der Waals surface area (Å²) in [7, 11) is 0. The van der Waals surface area contributed by atoms with Crippen LogP contribution in [-0.4, -0.2) is 28.0 Å². The Kier molecular flexibility index (Phi) is 6.29. The van der Waals surface area contributed by atoms with Gasteiger partial charge in [0.25, 0.3) is 0 Å². The molecule has 0 bridgehead atoms. The average molecular weight is 526 g/mol. The lowest BCUT2D eigenvalue weighted by atomic mass is 10.1. The number of halogens is 2. The molecule has 1 aliphatic heterocycles. The highest BCUT2D eigenvalue weighted by Gasteiger charge is 2.24. The summed E-state index contributed by atoms with van der Waals surface area (Å²) in [4.78, 5) is 4.10. The van der Waals surface area contributed by atoms with Crippen molar-refractivity contribution in [2.24, 2.45) is 0 Å². The van der Waals surface area contributed by atoms with Crippen molar-refractivity contribution in [2.45, 2.75) is 19.4 Å².